The zero-order valence-corrected chi connectivity index (χ0v) is 10.1. The highest BCUT2D eigenvalue weighted by Crippen LogP contribution is 2.13. The van der Waals surface area contributed by atoms with Gasteiger partial charge in [-0.15, -0.1) is 10.2 Å². The smallest absolute Gasteiger partial charge is 0.319 e. The van der Waals surface area contributed by atoms with Crippen molar-refractivity contribution in [2.75, 3.05) is 0 Å². The second-order valence-corrected chi connectivity index (χ2v) is 3.93. The van der Waals surface area contributed by atoms with E-state index in [1.54, 1.807) is 10.9 Å². The molecule has 0 radical (unpaired) electrons. The van der Waals surface area contributed by atoms with Crippen LogP contribution in [0.15, 0.2) is 18.7 Å². The molecule has 0 aliphatic carbocycles. The van der Waals surface area contributed by atoms with Crippen LogP contribution in [0.5, 0.6) is 0 Å². The lowest BCUT2D eigenvalue weighted by molar-refractivity contribution is 0.0665. The average molecular weight is 256 g/mol. The van der Waals surface area contributed by atoms with Gasteiger partial charge in [0.1, 0.15) is 18.0 Å². The fourth-order valence-electron chi connectivity index (χ4n) is 1.68. The standard InChI is InChI=1S/C10H14F2N6/c1-7(9-16-15-6-17(9)2)14-5-8-13-3-4-18(8)10(11)12/h3-4,6-7,10,14H,5H2,1-2H3. The van der Waals surface area contributed by atoms with Crippen molar-refractivity contribution in [1.29, 1.82) is 0 Å². The van der Waals surface area contributed by atoms with Crippen LogP contribution < -0.4 is 5.32 Å². The van der Waals surface area contributed by atoms with E-state index < -0.39 is 6.55 Å². The maximum atomic E-state index is 12.6. The highest BCUT2D eigenvalue weighted by Gasteiger charge is 2.14. The van der Waals surface area contributed by atoms with Gasteiger partial charge in [-0.2, -0.15) is 8.78 Å². The Morgan fingerprint density at radius 1 is 1.44 bits per heavy atom. The fraction of sp³-hybridized carbons (Fsp3) is 0.500. The third-order valence-electron chi connectivity index (χ3n) is 2.66. The van der Waals surface area contributed by atoms with E-state index in [0.717, 1.165) is 10.4 Å². The van der Waals surface area contributed by atoms with Crippen LogP contribution in [0.3, 0.4) is 0 Å². The van der Waals surface area contributed by atoms with Gasteiger partial charge in [-0.3, -0.25) is 4.57 Å². The lowest BCUT2D eigenvalue weighted by Gasteiger charge is -2.13. The van der Waals surface area contributed by atoms with E-state index in [1.165, 1.54) is 12.4 Å². The molecule has 6 nitrogen and oxygen atoms in total. The van der Waals surface area contributed by atoms with Crippen LogP contribution >= 0.6 is 0 Å². The highest BCUT2D eigenvalue weighted by molar-refractivity contribution is 4.96. The second-order valence-electron chi connectivity index (χ2n) is 3.93. The van der Waals surface area contributed by atoms with Gasteiger partial charge in [0.25, 0.3) is 0 Å². The van der Waals surface area contributed by atoms with Crippen molar-refractivity contribution in [2.45, 2.75) is 26.1 Å². The number of aromatic nitrogens is 5. The molecule has 2 aromatic rings. The molecule has 1 unspecified atom stereocenters. The van der Waals surface area contributed by atoms with Crippen molar-refractivity contribution in [3.05, 3.63) is 30.4 Å². The Morgan fingerprint density at radius 3 is 2.83 bits per heavy atom. The van der Waals surface area contributed by atoms with E-state index in [9.17, 15) is 8.78 Å². The van der Waals surface area contributed by atoms with Gasteiger partial charge in [-0.1, -0.05) is 0 Å². The number of nitrogens with zero attached hydrogens (tertiary/aromatic N) is 5. The normalized spacial score (nSPS) is 13.2. The molecule has 1 atom stereocenters. The molecule has 0 aliphatic heterocycles. The van der Waals surface area contributed by atoms with Crippen LogP contribution in [0, 0.1) is 0 Å². The summed E-state index contributed by atoms with van der Waals surface area (Å²) in [7, 11) is 1.83. The maximum absolute atomic E-state index is 12.6. The van der Waals surface area contributed by atoms with Gasteiger partial charge < -0.3 is 9.88 Å². The molecule has 98 valence electrons. The lowest BCUT2D eigenvalue weighted by Crippen LogP contribution is -2.23. The van der Waals surface area contributed by atoms with Crippen LogP contribution in [0.2, 0.25) is 0 Å². The van der Waals surface area contributed by atoms with E-state index in [0.29, 0.717) is 5.82 Å². The zero-order chi connectivity index (χ0) is 13.1. The van der Waals surface area contributed by atoms with Gasteiger partial charge in [0.05, 0.1) is 12.6 Å². The minimum Gasteiger partial charge on any atom is -0.319 e. The van der Waals surface area contributed by atoms with Crippen molar-refractivity contribution in [1.82, 2.24) is 29.6 Å². The SMILES string of the molecule is CC(NCc1nccn1C(F)F)c1nncn1C. The van der Waals surface area contributed by atoms with Crippen LogP contribution in [0.1, 0.15) is 31.2 Å². The van der Waals surface area contributed by atoms with Crippen molar-refractivity contribution in [3.8, 4) is 0 Å². The molecule has 18 heavy (non-hydrogen) atoms. The number of halogens is 2. The Balaban J connectivity index is 1.99. The first-order valence-corrected chi connectivity index (χ1v) is 5.46. The van der Waals surface area contributed by atoms with Crippen LogP contribution in [-0.2, 0) is 13.6 Å². The topological polar surface area (TPSA) is 60.6 Å². The van der Waals surface area contributed by atoms with Gasteiger partial charge in [-0.05, 0) is 6.92 Å². The molecule has 2 aromatic heterocycles. The lowest BCUT2D eigenvalue weighted by atomic mass is 10.3. The van der Waals surface area contributed by atoms with E-state index in [4.69, 9.17) is 0 Å². The quantitative estimate of drug-likeness (QED) is 0.874. The van der Waals surface area contributed by atoms with Gasteiger partial charge >= 0.3 is 6.55 Å². The van der Waals surface area contributed by atoms with Crippen LogP contribution in [-0.4, -0.2) is 24.3 Å². The monoisotopic (exact) mass is 256 g/mol. The van der Waals surface area contributed by atoms with E-state index in [2.05, 4.69) is 20.5 Å². The van der Waals surface area contributed by atoms with Gasteiger partial charge in [-0.25, -0.2) is 4.98 Å². The Hall–Kier alpha value is -1.83. The number of imidazole rings is 1. The molecule has 0 fully saturated rings. The predicted molar refractivity (Wildman–Crippen MR) is 59.7 cm³/mol. The molecule has 0 bridgehead atoms. The third kappa shape index (κ3) is 2.53. The van der Waals surface area contributed by atoms with Gasteiger partial charge in [0.15, 0.2) is 0 Å². The van der Waals surface area contributed by atoms with E-state index in [1.807, 2.05) is 14.0 Å². The number of aryl methyl sites for hydroxylation is 1. The Kier molecular flexibility index (Phi) is 3.66. The van der Waals surface area contributed by atoms with Crippen molar-refractivity contribution < 1.29 is 8.78 Å². The molecule has 0 saturated carbocycles. The molecule has 0 saturated heterocycles. The largest absolute Gasteiger partial charge is 0.319 e. The molecule has 2 rings (SSSR count). The Bertz CT molecular complexity index is 506. The summed E-state index contributed by atoms with van der Waals surface area (Å²) >= 11 is 0. The van der Waals surface area contributed by atoms with E-state index >= 15 is 0 Å². The molecule has 0 spiro atoms. The molecular weight excluding hydrogens is 242 g/mol. The van der Waals surface area contributed by atoms with Gasteiger partial charge in [0.2, 0.25) is 0 Å². The number of alkyl halides is 2. The Labute approximate surface area is 103 Å². The molecule has 0 amide bonds. The summed E-state index contributed by atoms with van der Waals surface area (Å²) in [6, 6.07) is -0.0969. The summed E-state index contributed by atoms with van der Waals surface area (Å²) in [5.74, 6) is 1.03. The minimum atomic E-state index is -2.57. The molecule has 1 N–H and O–H groups in total. The number of hydrogen-bond acceptors (Lipinski definition) is 4. The number of rotatable bonds is 5. The summed E-state index contributed by atoms with van der Waals surface area (Å²) in [5.41, 5.74) is 0. The van der Waals surface area contributed by atoms with Crippen LogP contribution in [0.25, 0.3) is 0 Å². The second kappa shape index (κ2) is 5.21. The van der Waals surface area contributed by atoms with Crippen molar-refractivity contribution in [3.63, 3.8) is 0 Å². The first-order valence-electron chi connectivity index (χ1n) is 5.46. The average Bonchev–Trinajstić information content (AvgIpc) is 2.94. The summed E-state index contributed by atoms with van der Waals surface area (Å²) in [5, 5.41) is 10.8. The maximum Gasteiger partial charge on any atom is 0.319 e. The Morgan fingerprint density at radius 2 is 2.22 bits per heavy atom. The fourth-order valence-corrected chi connectivity index (χ4v) is 1.68. The summed E-state index contributed by atoms with van der Waals surface area (Å²) < 4.78 is 27.8. The number of hydrogen-bond donors (Lipinski definition) is 1. The number of nitrogens with one attached hydrogen (secondary N) is 1. The highest BCUT2D eigenvalue weighted by atomic mass is 19.3. The summed E-state index contributed by atoms with van der Waals surface area (Å²) in [4.78, 5) is 3.89. The first-order chi connectivity index (χ1) is 8.59. The first kappa shape index (κ1) is 12.6. The predicted octanol–water partition coefficient (Wildman–Crippen LogP) is 1.26. The molecule has 0 aliphatic rings. The molecular formula is C10H14F2N6. The molecule has 0 aromatic carbocycles. The zero-order valence-electron chi connectivity index (χ0n) is 10.1. The third-order valence-corrected chi connectivity index (χ3v) is 2.66. The minimum absolute atomic E-state index is 0.0969. The summed E-state index contributed by atoms with van der Waals surface area (Å²) in [6.45, 7) is -0.445. The van der Waals surface area contributed by atoms with Crippen molar-refractivity contribution in [2.24, 2.45) is 7.05 Å². The van der Waals surface area contributed by atoms with Gasteiger partial charge in [0, 0.05) is 19.4 Å². The molecule has 2 heterocycles. The summed E-state index contributed by atoms with van der Waals surface area (Å²) in [6.07, 6.45) is 4.21. The van der Waals surface area contributed by atoms with E-state index in [-0.39, 0.29) is 12.6 Å². The van der Waals surface area contributed by atoms with Crippen LogP contribution in [0.4, 0.5) is 8.78 Å². The molecule has 8 heteroatoms. The van der Waals surface area contributed by atoms with Crippen molar-refractivity contribution >= 4 is 0 Å².